The van der Waals surface area contributed by atoms with E-state index in [1.807, 2.05) is 18.7 Å². The fraction of sp³-hybridized carbons (Fsp3) is 0.579. The second-order valence-corrected chi connectivity index (χ2v) is 8.29. The summed E-state index contributed by atoms with van der Waals surface area (Å²) in [6.45, 7) is 8.46. The van der Waals surface area contributed by atoms with Crippen LogP contribution in [0.2, 0.25) is 0 Å². The van der Waals surface area contributed by atoms with Gasteiger partial charge in [-0.25, -0.2) is 4.68 Å². The van der Waals surface area contributed by atoms with Gasteiger partial charge >= 0.3 is 0 Å². The fourth-order valence-corrected chi connectivity index (χ4v) is 4.58. The third-order valence-corrected chi connectivity index (χ3v) is 6.36. The minimum Gasteiger partial charge on any atom is -0.299 e. The van der Waals surface area contributed by atoms with E-state index in [4.69, 9.17) is 0 Å². The second kappa shape index (κ2) is 8.50. The maximum absolute atomic E-state index is 12.3. The quantitative estimate of drug-likeness (QED) is 0.758. The molecule has 2 aliphatic heterocycles. The van der Waals surface area contributed by atoms with Gasteiger partial charge < -0.3 is 0 Å². The average Bonchev–Trinajstić information content (AvgIpc) is 2.69. The van der Waals surface area contributed by atoms with Crippen LogP contribution in [0.1, 0.15) is 22.6 Å². The zero-order chi connectivity index (χ0) is 18.6. The third-order valence-electron chi connectivity index (χ3n) is 5.35. The van der Waals surface area contributed by atoms with Gasteiger partial charge in [0, 0.05) is 69.9 Å². The lowest BCUT2D eigenvalue weighted by Crippen LogP contribution is -2.47. The van der Waals surface area contributed by atoms with Gasteiger partial charge in [0.2, 0.25) is 0 Å². The maximum atomic E-state index is 12.3. The highest BCUT2D eigenvalue weighted by molar-refractivity contribution is 7.98. The molecule has 0 aliphatic carbocycles. The zero-order valence-electron chi connectivity index (χ0n) is 15.8. The van der Waals surface area contributed by atoms with Gasteiger partial charge in [0.05, 0.1) is 23.6 Å². The number of fused-ring (bicyclic) bond motifs is 1. The lowest BCUT2D eigenvalue weighted by atomic mass is 10.2. The number of hydrogen-bond donors (Lipinski definition) is 0. The van der Waals surface area contributed by atoms with Crippen molar-refractivity contribution in [2.75, 3.05) is 38.5 Å². The van der Waals surface area contributed by atoms with Gasteiger partial charge in [-0.2, -0.15) is 16.9 Å². The highest BCUT2D eigenvalue weighted by atomic mass is 32.2. The number of rotatable bonds is 5. The Kier molecular flexibility index (Phi) is 5.85. The van der Waals surface area contributed by atoms with E-state index in [-0.39, 0.29) is 5.56 Å². The summed E-state index contributed by atoms with van der Waals surface area (Å²) in [5.41, 5.74) is 4.34. The van der Waals surface area contributed by atoms with E-state index < -0.39 is 0 Å². The smallest absolute Gasteiger partial charge is 0.267 e. The van der Waals surface area contributed by atoms with E-state index in [1.165, 1.54) is 0 Å². The molecule has 4 heterocycles. The molecule has 4 rings (SSSR count). The summed E-state index contributed by atoms with van der Waals surface area (Å²) >= 11 is 1.88. The van der Waals surface area contributed by atoms with Gasteiger partial charge in [0.15, 0.2) is 0 Å². The minimum atomic E-state index is 0.0352. The van der Waals surface area contributed by atoms with Crippen LogP contribution in [-0.2, 0) is 25.3 Å². The maximum Gasteiger partial charge on any atom is 0.267 e. The first-order valence-corrected chi connectivity index (χ1v) is 10.7. The standard InChI is InChI=1S/C19H26N6OS/c1-15-18(21-4-3-20-15)13-24-7-5-23(6-8-24)9-10-25-19(26)12-16-14-27-11-2-17(16)22-25/h3-4,12H,2,5-11,13-14H2,1H3. The summed E-state index contributed by atoms with van der Waals surface area (Å²) in [6.07, 6.45) is 4.48. The summed E-state index contributed by atoms with van der Waals surface area (Å²) in [6, 6.07) is 1.79. The molecule has 7 nitrogen and oxygen atoms in total. The van der Waals surface area contributed by atoms with Gasteiger partial charge in [-0.05, 0) is 18.2 Å². The van der Waals surface area contributed by atoms with E-state index in [0.29, 0.717) is 6.54 Å². The number of aromatic nitrogens is 4. The van der Waals surface area contributed by atoms with Crippen molar-refractivity contribution in [3.63, 3.8) is 0 Å². The van der Waals surface area contributed by atoms with Crippen LogP contribution in [0, 0.1) is 6.92 Å². The summed E-state index contributed by atoms with van der Waals surface area (Å²) in [7, 11) is 0. The molecule has 0 unspecified atom stereocenters. The molecular weight excluding hydrogens is 360 g/mol. The van der Waals surface area contributed by atoms with E-state index >= 15 is 0 Å². The van der Waals surface area contributed by atoms with E-state index in [1.54, 1.807) is 23.1 Å². The second-order valence-electron chi connectivity index (χ2n) is 7.19. The molecule has 8 heteroatoms. The SMILES string of the molecule is Cc1nccnc1CN1CCN(CCn2nc3c(cc2=O)CSCC3)CC1. The highest BCUT2D eigenvalue weighted by Gasteiger charge is 2.19. The van der Waals surface area contributed by atoms with Crippen LogP contribution in [0.5, 0.6) is 0 Å². The molecule has 0 saturated carbocycles. The minimum absolute atomic E-state index is 0.0352. The molecule has 0 aromatic carbocycles. The molecule has 0 amide bonds. The van der Waals surface area contributed by atoms with Crippen LogP contribution in [0.3, 0.4) is 0 Å². The molecular formula is C19H26N6OS. The Bertz CT molecular complexity index is 846. The van der Waals surface area contributed by atoms with Gasteiger partial charge in [-0.1, -0.05) is 0 Å². The van der Waals surface area contributed by atoms with Crippen LogP contribution in [0.15, 0.2) is 23.3 Å². The predicted octanol–water partition coefficient (Wildman–Crippen LogP) is 0.949. The third kappa shape index (κ3) is 4.56. The Hall–Kier alpha value is -1.77. The van der Waals surface area contributed by atoms with E-state index in [0.717, 1.165) is 79.8 Å². The largest absolute Gasteiger partial charge is 0.299 e. The molecule has 0 radical (unpaired) electrons. The van der Waals surface area contributed by atoms with Crippen molar-refractivity contribution < 1.29 is 0 Å². The van der Waals surface area contributed by atoms with Crippen LogP contribution < -0.4 is 5.56 Å². The van der Waals surface area contributed by atoms with Crippen molar-refractivity contribution in [1.82, 2.24) is 29.5 Å². The molecule has 144 valence electrons. The summed E-state index contributed by atoms with van der Waals surface area (Å²) in [5, 5.41) is 4.62. The van der Waals surface area contributed by atoms with Crippen LogP contribution in [-0.4, -0.2) is 68.0 Å². The molecule has 2 aliphatic rings. The van der Waals surface area contributed by atoms with Gasteiger partial charge in [0.25, 0.3) is 5.56 Å². The van der Waals surface area contributed by atoms with Crippen molar-refractivity contribution in [3.05, 3.63) is 51.5 Å². The Morgan fingerprint density at radius 1 is 1.07 bits per heavy atom. The zero-order valence-corrected chi connectivity index (χ0v) is 16.6. The molecule has 2 aromatic rings. The Morgan fingerprint density at radius 2 is 1.85 bits per heavy atom. The van der Waals surface area contributed by atoms with Crippen molar-refractivity contribution in [1.29, 1.82) is 0 Å². The summed E-state index contributed by atoms with van der Waals surface area (Å²) in [5.74, 6) is 2.02. The van der Waals surface area contributed by atoms with E-state index in [9.17, 15) is 4.79 Å². The van der Waals surface area contributed by atoms with Gasteiger partial charge in [-0.15, -0.1) is 0 Å². The normalized spacial score (nSPS) is 18.4. The first kappa shape index (κ1) is 18.6. The number of aryl methyl sites for hydroxylation is 2. The molecule has 0 bridgehead atoms. The number of piperazine rings is 1. The Labute approximate surface area is 163 Å². The first-order chi connectivity index (χ1) is 13.2. The Morgan fingerprint density at radius 3 is 2.67 bits per heavy atom. The van der Waals surface area contributed by atoms with E-state index in [2.05, 4.69) is 24.9 Å². The molecule has 1 saturated heterocycles. The van der Waals surface area contributed by atoms with Gasteiger partial charge in [-0.3, -0.25) is 24.6 Å². The fourth-order valence-electron chi connectivity index (χ4n) is 3.62. The van der Waals surface area contributed by atoms with Crippen LogP contribution in [0.25, 0.3) is 0 Å². The van der Waals surface area contributed by atoms with Crippen LogP contribution in [0.4, 0.5) is 0 Å². The molecule has 1 fully saturated rings. The monoisotopic (exact) mass is 386 g/mol. The molecule has 27 heavy (non-hydrogen) atoms. The molecule has 0 atom stereocenters. The Balaban J connectivity index is 1.29. The lowest BCUT2D eigenvalue weighted by molar-refractivity contribution is 0.121. The van der Waals surface area contributed by atoms with Crippen molar-refractivity contribution in [2.45, 2.75) is 32.2 Å². The highest BCUT2D eigenvalue weighted by Crippen LogP contribution is 2.21. The topological polar surface area (TPSA) is 67.2 Å². The molecule has 0 spiro atoms. The first-order valence-electron chi connectivity index (χ1n) is 9.58. The number of nitrogens with zero attached hydrogens (tertiary/aromatic N) is 6. The van der Waals surface area contributed by atoms with Crippen molar-refractivity contribution in [3.8, 4) is 0 Å². The molecule has 0 N–H and O–H groups in total. The summed E-state index contributed by atoms with van der Waals surface area (Å²) < 4.78 is 1.66. The van der Waals surface area contributed by atoms with Crippen LogP contribution >= 0.6 is 11.8 Å². The lowest BCUT2D eigenvalue weighted by Gasteiger charge is -2.34. The average molecular weight is 387 g/mol. The molecule has 2 aromatic heterocycles. The summed E-state index contributed by atoms with van der Waals surface area (Å²) in [4.78, 5) is 25.9. The number of thioether (sulfide) groups is 1. The van der Waals surface area contributed by atoms with Gasteiger partial charge in [0.1, 0.15) is 0 Å². The van der Waals surface area contributed by atoms with Crippen molar-refractivity contribution >= 4 is 11.8 Å². The van der Waals surface area contributed by atoms with Crippen molar-refractivity contribution in [2.24, 2.45) is 0 Å². The number of hydrogen-bond acceptors (Lipinski definition) is 7. The predicted molar refractivity (Wildman–Crippen MR) is 107 cm³/mol.